The molecule has 1 saturated carbocycles. The zero-order valence-corrected chi connectivity index (χ0v) is 14.0. The van der Waals surface area contributed by atoms with Gasteiger partial charge in [-0.25, -0.2) is 4.39 Å². The van der Waals surface area contributed by atoms with Gasteiger partial charge < -0.3 is 5.32 Å². The van der Waals surface area contributed by atoms with Gasteiger partial charge in [-0.1, -0.05) is 36.7 Å². The first kappa shape index (κ1) is 15.5. The van der Waals surface area contributed by atoms with Crippen molar-refractivity contribution in [2.24, 2.45) is 5.41 Å². The van der Waals surface area contributed by atoms with Crippen LogP contribution in [0.15, 0.2) is 16.6 Å². The summed E-state index contributed by atoms with van der Waals surface area (Å²) in [6, 6.07) is 3.69. The van der Waals surface area contributed by atoms with Crippen molar-refractivity contribution in [2.45, 2.75) is 52.6 Å². The van der Waals surface area contributed by atoms with Crippen molar-refractivity contribution in [2.75, 3.05) is 5.32 Å². The predicted octanol–water partition coefficient (Wildman–Crippen LogP) is 5.09. The predicted molar refractivity (Wildman–Crippen MR) is 83.6 cm³/mol. The summed E-state index contributed by atoms with van der Waals surface area (Å²) in [4.78, 5) is 12.1. The van der Waals surface area contributed by atoms with Gasteiger partial charge in [0.05, 0.1) is 5.69 Å². The standard InChI is InChI=1S/C16H21BrFNO/c1-10-7-11(17)8-12(16(18)5-6-16)14(10)19-13(20)9-15(2,3)4/h7-8H,5-6,9H2,1-4H3,(H,19,20). The molecule has 0 spiro atoms. The van der Waals surface area contributed by atoms with Crippen molar-refractivity contribution in [3.8, 4) is 0 Å². The number of carbonyl (C=O) groups is 1. The highest BCUT2D eigenvalue weighted by Gasteiger charge is 2.47. The van der Waals surface area contributed by atoms with Gasteiger partial charge >= 0.3 is 0 Å². The van der Waals surface area contributed by atoms with Crippen LogP contribution in [0.1, 0.15) is 51.2 Å². The van der Waals surface area contributed by atoms with Gasteiger partial charge in [-0.15, -0.1) is 0 Å². The number of aryl methyl sites for hydroxylation is 1. The molecule has 20 heavy (non-hydrogen) atoms. The Morgan fingerprint density at radius 3 is 2.50 bits per heavy atom. The largest absolute Gasteiger partial charge is 0.325 e. The van der Waals surface area contributed by atoms with Gasteiger partial charge in [-0.2, -0.15) is 0 Å². The molecule has 0 radical (unpaired) electrons. The van der Waals surface area contributed by atoms with Gasteiger partial charge in [0.2, 0.25) is 5.91 Å². The normalized spacial score (nSPS) is 16.9. The van der Waals surface area contributed by atoms with E-state index < -0.39 is 5.67 Å². The van der Waals surface area contributed by atoms with Gasteiger partial charge in [0.15, 0.2) is 0 Å². The first-order valence-electron chi connectivity index (χ1n) is 6.90. The zero-order valence-electron chi connectivity index (χ0n) is 12.4. The van der Waals surface area contributed by atoms with Crippen molar-refractivity contribution in [3.05, 3.63) is 27.7 Å². The average Bonchev–Trinajstić information content (AvgIpc) is 2.98. The first-order chi connectivity index (χ1) is 9.11. The average molecular weight is 342 g/mol. The molecule has 0 bridgehead atoms. The SMILES string of the molecule is Cc1cc(Br)cc(C2(F)CC2)c1NC(=O)CC(C)(C)C. The van der Waals surface area contributed by atoms with Crippen LogP contribution in [0.2, 0.25) is 0 Å². The molecule has 0 atom stereocenters. The third-order valence-electron chi connectivity index (χ3n) is 3.43. The van der Waals surface area contributed by atoms with E-state index in [9.17, 15) is 9.18 Å². The molecule has 1 aliphatic carbocycles. The molecule has 0 saturated heterocycles. The van der Waals surface area contributed by atoms with E-state index in [2.05, 4.69) is 21.2 Å². The number of rotatable bonds is 3. The highest BCUT2D eigenvalue weighted by molar-refractivity contribution is 9.10. The molecule has 0 aromatic heterocycles. The van der Waals surface area contributed by atoms with Crippen LogP contribution in [0.3, 0.4) is 0 Å². The lowest BCUT2D eigenvalue weighted by Gasteiger charge is -2.21. The van der Waals surface area contributed by atoms with Crippen LogP contribution in [0.4, 0.5) is 10.1 Å². The van der Waals surface area contributed by atoms with E-state index in [-0.39, 0.29) is 11.3 Å². The van der Waals surface area contributed by atoms with Gasteiger partial charge in [0.25, 0.3) is 0 Å². The number of carbonyl (C=O) groups excluding carboxylic acids is 1. The summed E-state index contributed by atoms with van der Waals surface area (Å²) in [7, 11) is 0. The molecule has 1 aromatic carbocycles. The molecule has 4 heteroatoms. The molecule has 0 unspecified atom stereocenters. The lowest BCUT2D eigenvalue weighted by atomic mass is 9.91. The third-order valence-corrected chi connectivity index (χ3v) is 3.89. The highest BCUT2D eigenvalue weighted by atomic mass is 79.9. The second-order valence-corrected chi connectivity index (χ2v) is 7.81. The first-order valence-corrected chi connectivity index (χ1v) is 7.69. The molecule has 1 aliphatic rings. The second kappa shape index (κ2) is 5.14. The van der Waals surface area contributed by atoms with Crippen molar-refractivity contribution in [3.63, 3.8) is 0 Å². The third kappa shape index (κ3) is 3.60. The number of benzene rings is 1. The van der Waals surface area contributed by atoms with Gasteiger partial charge in [0.1, 0.15) is 5.67 Å². The van der Waals surface area contributed by atoms with Crippen molar-refractivity contribution in [1.29, 1.82) is 0 Å². The fourth-order valence-corrected chi connectivity index (χ4v) is 2.88. The van der Waals surface area contributed by atoms with E-state index in [1.807, 2.05) is 33.8 Å². The van der Waals surface area contributed by atoms with Crippen LogP contribution in [0, 0.1) is 12.3 Å². The summed E-state index contributed by atoms with van der Waals surface area (Å²) in [5.41, 5.74) is 0.786. The zero-order chi connectivity index (χ0) is 15.1. The van der Waals surface area contributed by atoms with Crippen molar-refractivity contribution in [1.82, 2.24) is 0 Å². The summed E-state index contributed by atoms with van der Waals surface area (Å²) in [5, 5.41) is 2.91. The number of nitrogens with one attached hydrogen (secondary N) is 1. The highest BCUT2D eigenvalue weighted by Crippen LogP contribution is 2.53. The summed E-state index contributed by atoms with van der Waals surface area (Å²) in [6.45, 7) is 7.94. The maximum Gasteiger partial charge on any atom is 0.224 e. The summed E-state index contributed by atoms with van der Waals surface area (Å²) in [6.07, 6.45) is 1.48. The number of anilines is 1. The lowest BCUT2D eigenvalue weighted by Crippen LogP contribution is -2.21. The van der Waals surface area contributed by atoms with E-state index in [1.54, 1.807) is 6.07 Å². The van der Waals surface area contributed by atoms with Gasteiger partial charge in [-0.3, -0.25) is 4.79 Å². The Morgan fingerprint density at radius 2 is 2.00 bits per heavy atom. The molecular weight excluding hydrogens is 321 g/mol. The maximum atomic E-state index is 14.5. The Hall–Kier alpha value is -0.900. The molecule has 1 aromatic rings. The Balaban J connectivity index is 2.29. The fraction of sp³-hybridized carbons (Fsp3) is 0.562. The fourth-order valence-electron chi connectivity index (χ4n) is 2.31. The van der Waals surface area contributed by atoms with E-state index in [0.29, 0.717) is 30.5 Å². The van der Waals surface area contributed by atoms with Crippen LogP contribution < -0.4 is 5.32 Å². The van der Waals surface area contributed by atoms with Crippen LogP contribution >= 0.6 is 15.9 Å². The van der Waals surface area contributed by atoms with E-state index in [1.165, 1.54) is 0 Å². The van der Waals surface area contributed by atoms with Crippen molar-refractivity contribution < 1.29 is 9.18 Å². The molecule has 1 fully saturated rings. The minimum absolute atomic E-state index is 0.0616. The van der Waals surface area contributed by atoms with E-state index in [4.69, 9.17) is 0 Å². The number of amides is 1. The summed E-state index contributed by atoms with van der Waals surface area (Å²) >= 11 is 3.40. The summed E-state index contributed by atoms with van der Waals surface area (Å²) < 4.78 is 15.3. The Morgan fingerprint density at radius 1 is 1.40 bits per heavy atom. The molecule has 2 rings (SSSR count). The van der Waals surface area contributed by atoms with E-state index in [0.717, 1.165) is 10.0 Å². The molecule has 110 valence electrons. The number of hydrogen-bond donors (Lipinski definition) is 1. The second-order valence-electron chi connectivity index (χ2n) is 6.90. The molecule has 0 heterocycles. The molecule has 1 amide bonds. The van der Waals surface area contributed by atoms with Crippen LogP contribution in [0.25, 0.3) is 0 Å². The number of halogens is 2. The smallest absolute Gasteiger partial charge is 0.224 e. The Kier molecular flexibility index (Phi) is 3.98. The summed E-state index contributed by atoms with van der Waals surface area (Å²) in [5.74, 6) is -0.0616. The van der Waals surface area contributed by atoms with Crippen LogP contribution in [0.5, 0.6) is 0 Å². The minimum atomic E-state index is -1.26. The monoisotopic (exact) mass is 341 g/mol. The van der Waals surface area contributed by atoms with E-state index >= 15 is 0 Å². The topological polar surface area (TPSA) is 29.1 Å². The van der Waals surface area contributed by atoms with Gasteiger partial charge in [0, 0.05) is 16.5 Å². The Labute approximate surface area is 128 Å². The maximum absolute atomic E-state index is 14.5. The quantitative estimate of drug-likeness (QED) is 0.814. The van der Waals surface area contributed by atoms with Crippen LogP contribution in [-0.4, -0.2) is 5.91 Å². The number of hydrogen-bond acceptors (Lipinski definition) is 1. The lowest BCUT2D eigenvalue weighted by molar-refractivity contribution is -0.117. The molecular formula is C16H21BrFNO. The van der Waals surface area contributed by atoms with Gasteiger partial charge in [-0.05, 0) is 42.9 Å². The Bertz CT molecular complexity index is 544. The van der Waals surface area contributed by atoms with Crippen LogP contribution in [-0.2, 0) is 10.5 Å². The molecule has 1 N–H and O–H groups in total. The van der Waals surface area contributed by atoms with Crippen molar-refractivity contribution >= 4 is 27.5 Å². The number of alkyl halides is 1. The molecule has 2 nitrogen and oxygen atoms in total. The molecule has 0 aliphatic heterocycles. The minimum Gasteiger partial charge on any atom is -0.325 e.